The van der Waals surface area contributed by atoms with Gasteiger partial charge in [-0.2, -0.15) is 0 Å². The summed E-state index contributed by atoms with van der Waals surface area (Å²) in [5, 5.41) is 9.98. The Balaban J connectivity index is 1.84. The minimum absolute atomic E-state index is 0.101. The summed E-state index contributed by atoms with van der Waals surface area (Å²) < 4.78 is 0. The molecule has 23 heavy (non-hydrogen) atoms. The van der Waals surface area contributed by atoms with Crippen LogP contribution < -0.4 is 0 Å². The highest BCUT2D eigenvalue weighted by molar-refractivity contribution is 6.02. The summed E-state index contributed by atoms with van der Waals surface area (Å²) in [5.74, 6) is -5.55. The number of nitrogens with zero attached hydrogens (tertiary/aromatic N) is 2. The van der Waals surface area contributed by atoms with Crippen LogP contribution >= 0.6 is 0 Å². The van der Waals surface area contributed by atoms with Gasteiger partial charge in [-0.15, -0.1) is 10.1 Å². The molecule has 2 aliphatic rings. The molecule has 2 fully saturated rings. The van der Waals surface area contributed by atoms with Gasteiger partial charge in [0.2, 0.25) is 0 Å². The van der Waals surface area contributed by atoms with Crippen LogP contribution in [-0.4, -0.2) is 56.9 Å². The Kier molecular flexibility index (Phi) is 4.69. The first-order valence-corrected chi connectivity index (χ1v) is 6.62. The van der Waals surface area contributed by atoms with Crippen molar-refractivity contribution in [1.82, 2.24) is 10.1 Å². The van der Waals surface area contributed by atoms with E-state index in [0.717, 1.165) is 0 Å². The average Bonchev–Trinajstić information content (AvgIpc) is 2.97. The summed E-state index contributed by atoms with van der Waals surface area (Å²) in [6.07, 6.45) is -3.40. The summed E-state index contributed by atoms with van der Waals surface area (Å²) in [4.78, 5) is 76.8. The lowest BCUT2D eigenvalue weighted by Gasteiger charge is -2.16. The molecule has 0 aromatic heterocycles. The highest BCUT2D eigenvalue weighted by Gasteiger charge is 2.37. The summed E-state index contributed by atoms with van der Waals surface area (Å²) >= 11 is 0. The molecule has 124 valence electrons. The molecule has 0 spiro atoms. The third-order valence-electron chi connectivity index (χ3n) is 3.02. The van der Waals surface area contributed by atoms with Crippen LogP contribution in [0.25, 0.3) is 0 Å². The van der Waals surface area contributed by atoms with Gasteiger partial charge >= 0.3 is 11.9 Å². The molecule has 2 rings (SSSR count). The number of hydrogen-bond donors (Lipinski definition) is 1. The molecule has 2 saturated heterocycles. The number of aliphatic hydroxyl groups excluding tert-OH is 1. The molecule has 1 atom stereocenters. The van der Waals surface area contributed by atoms with Gasteiger partial charge in [-0.25, -0.2) is 9.59 Å². The molecule has 0 aromatic rings. The minimum atomic E-state index is -2.03. The van der Waals surface area contributed by atoms with E-state index in [4.69, 9.17) is 0 Å². The summed E-state index contributed by atoms with van der Waals surface area (Å²) in [7, 11) is 0. The quantitative estimate of drug-likeness (QED) is 0.563. The number of hydrogen-bond acceptors (Lipinski definition) is 9. The maximum absolute atomic E-state index is 11.5. The second-order valence-electron chi connectivity index (χ2n) is 4.76. The Morgan fingerprint density at radius 1 is 0.870 bits per heavy atom. The number of rotatable bonds is 5. The van der Waals surface area contributed by atoms with Crippen LogP contribution in [0.1, 0.15) is 32.1 Å². The van der Waals surface area contributed by atoms with Crippen LogP contribution in [0, 0.1) is 0 Å². The monoisotopic (exact) mass is 328 g/mol. The lowest BCUT2D eigenvalue weighted by molar-refractivity contribution is -0.207. The molecular formula is C12H12N2O9. The van der Waals surface area contributed by atoms with Crippen LogP contribution in [0.4, 0.5) is 0 Å². The fourth-order valence-electron chi connectivity index (χ4n) is 1.85. The largest absolute Gasteiger partial charge is 0.381 e. The van der Waals surface area contributed by atoms with Crippen molar-refractivity contribution in [1.29, 1.82) is 0 Å². The molecule has 0 bridgehead atoms. The first-order chi connectivity index (χ1) is 10.8. The van der Waals surface area contributed by atoms with E-state index in [9.17, 15) is 33.9 Å². The van der Waals surface area contributed by atoms with Crippen LogP contribution in [0.5, 0.6) is 0 Å². The second kappa shape index (κ2) is 6.52. The number of imide groups is 2. The van der Waals surface area contributed by atoms with Gasteiger partial charge in [0.25, 0.3) is 23.6 Å². The van der Waals surface area contributed by atoms with Gasteiger partial charge in [0.05, 0.1) is 6.42 Å². The van der Waals surface area contributed by atoms with Crippen molar-refractivity contribution in [3.8, 4) is 0 Å². The number of aliphatic hydroxyl groups is 1. The van der Waals surface area contributed by atoms with Crippen molar-refractivity contribution >= 4 is 35.6 Å². The SMILES string of the molecule is O=C(C[C@@H](O)C(=O)ON1C(=O)CCC1=O)ON1C(=O)CCC1=O. The van der Waals surface area contributed by atoms with Crippen molar-refractivity contribution in [3.63, 3.8) is 0 Å². The van der Waals surface area contributed by atoms with Crippen molar-refractivity contribution in [2.45, 2.75) is 38.2 Å². The van der Waals surface area contributed by atoms with Gasteiger partial charge < -0.3 is 14.8 Å². The second-order valence-corrected chi connectivity index (χ2v) is 4.76. The molecule has 0 radical (unpaired) electrons. The fourth-order valence-corrected chi connectivity index (χ4v) is 1.85. The van der Waals surface area contributed by atoms with Crippen LogP contribution in [0.3, 0.4) is 0 Å². The van der Waals surface area contributed by atoms with E-state index in [2.05, 4.69) is 9.68 Å². The Hall–Kier alpha value is -2.82. The minimum Gasteiger partial charge on any atom is -0.381 e. The van der Waals surface area contributed by atoms with E-state index >= 15 is 0 Å². The molecule has 0 unspecified atom stereocenters. The molecule has 11 heteroatoms. The smallest absolute Gasteiger partial charge is 0.361 e. The molecular weight excluding hydrogens is 316 g/mol. The van der Waals surface area contributed by atoms with E-state index in [1.807, 2.05) is 0 Å². The van der Waals surface area contributed by atoms with E-state index in [-0.39, 0.29) is 35.8 Å². The van der Waals surface area contributed by atoms with Crippen molar-refractivity contribution < 1.29 is 43.5 Å². The molecule has 0 aromatic carbocycles. The fraction of sp³-hybridized carbons (Fsp3) is 0.500. The maximum atomic E-state index is 11.5. The van der Waals surface area contributed by atoms with Gasteiger partial charge in [0.1, 0.15) is 0 Å². The van der Waals surface area contributed by atoms with E-state index in [0.29, 0.717) is 0 Å². The summed E-state index contributed by atoms with van der Waals surface area (Å²) in [6.45, 7) is 0. The van der Waals surface area contributed by atoms with Crippen molar-refractivity contribution in [2.24, 2.45) is 0 Å². The third-order valence-corrected chi connectivity index (χ3v) is 3.02. The summed E-state index contributed by atoms with van der Waals surface area (Å²) in [6, 6.07) is 0. The van der Waals surface area contributed by atoms with Gasteiger partial charge in [0, 0.05) is 25.7 Å². The van der Waals surface area contributed by atoms with Crippen molar-refractivity contribution in [2.75, 3.05) is 0 Å². The Bertz CT molecular complexity index is 567. The van der Waals surface area contributed by atoms with Crippen LogP contribution in [-0.2, 0) is 38.4 Å². The normalized spacial score (nSPS) is 19.3. The van der Waals surface area contributed by atoms with E-state index < -0.39 is 48.1 Å². The first kappa shape index (κ1) is 16.5. The Morgan fingerprint density at radius 2 is 1.26 bits per heavy atom. The molecule has 11 nitrogen and oxygen atoms in total. The zero-order chi connectivity index (χ0) is 17.1. The molecule has 0 saturated carbocycles. The predicted molar refractivity (Wildman–Crippen MR) is 65.0 cm³/mol. The van der Waals surface area contributed by atoms with E-state index in [1.54, 1.807) is 0 Å². The van der Waals surface area contributed by atoms with Crippen LogP contribution in [0.15, 0.2) is 0 Å². The van der Waals surface area contributed by atoms with E-state index in [1.165, 1.54) is 0 Å². The number of carbonyl (C=O) groups excluding carboxylic acids is 6. The highest BCUT2D eigenvalue weighted by Crippen LogP contribution is 2.15. The topological polar surface area (TPSA) is 148 Å². The first-order valence-electron chi connectivity index (χ1n) is 6.62. The molecule has 0 aliphatic carbocycles. The van der Waals surface area contributed by atoms with Gasteiger partial charge in [0.15, 0.2) is 6.10 Å². The van der Waals surface area contributed by atoms with Crippen molar-refractivity contribution in [3.05, 3.63) is 0 Å². The average molecular weight is 328 g/mol. The lowest BCUT2D eigenvalue weighted by atomic mass is 10.2. The Labute approximate surface area is 128 Å². The zero-order valence-corrected chi connectivity index (χ0v) is 11.7. The van der Waals surface area contributed by atoms with Gasteiger partial charge in [-0.3, -0.25) is 19.2 Å². The van der Waals surface area contributed by atoms with Gasteiger partial charge in [-0.1, -0.05) is 0 Å². The molecule has 4 amide bonds. The van der Waals surface area contributed by atoms with Gasteiger partial charge in [-0.05, 0) is 0 Å². The number of amides is 4. The third kappa shape index (κ3) is 3.69. The number of hydroxylamine groups is 4. The Morgan fingerprint density at radius 3 is 1.70 bits per heavy atom. The summed E-state index contributed by atoms with van der Waals surface area (Å²) in [5.41, 5.74) is 0. The van der Waals surface area contributed by atoms with Crippen LogP contribution in [0.2, 0.25) is 0 Å². The highest BCUT2D eigenvalue weighted by atomic mass is 16.7. The molecule has 2 heterocycles. The standard InChI is InChI=1S/C12H12N2O9/c15-6(12(21)23-14-9(18)3-4-10(14)19)5-11(20)22-13-7(16)1-2-8(13)17/h6,15H,1-5H2/t6-/m1/s1. The number of carbonyl (C=O) groups is 6. The molecule has 1 N–H and O–H groups in total. The molecule has 2 aliphatic heterocycles. The predicted octanol–water partition coefficient (Wildman–Crippen LogP) is -2.05. The lowest BCUT2D eigenvalue weighted by Crippen LogP contribution is -2.38. The zero-order valence-electron chi connectivity index (χ0n) is 11.7. The maximum Gasteiger partial charge on any atom is 0.361 e.